The van der Waals surface area contributed by atoms with Crippen LogP contribution in [0, 0.1) is 0 Å². The van der Waals surface area contributed by atoms with E-state index in [9.17, 15) is 4.21 Å². The predicted octanol–water partition coefficient (Wildman–Crippen LogP) is 1.48. The summed E-state index contributed by atoms with van der Waals surface area (Å²) in [5.41, 5.74) is 1.17. The molecule has 2 nitrogen and oxygen atoms in total. The van der Waals surface area contributed by atoms with Crippen molar-refractivity contribution in [3.63, 3.8) is 0 Å². The summed E-state index contributed by atoms with van der Waals surface area (Å²) in [4.78, 5) is 0. The fourth-order valence-corrected chi connectivity index (χ4v) is 1.33. The Bertz CT molecular complexity index is 206. The third-order valence-electron chi connectivity index (χ3n) is 1.50. The highest BCUT2D eigenvalue weighted by Crippen LogP contribution is 2.12. The molecule has 0 aliphatic heterocycles. The second kappa shape index (κ2) is 3.12. The lowest BCUT2D eigenvalue weighted by molar-refractivity contribution is 0.556. The number of hydrogen-bond donors (Lipinski definition) is 1. The molecule has 56 valence electrons. The maximum absolute atomic E-state index is 10.5. The molecule has 2 atom stereocenters. The molecule has 0 fully saturated rings. The summed E-state index contributed by atoms with van der Waals surface area (Å²) in [6.45, 7) is 1.98. The predicted molar refractivity (Wildman–Crippen MR) is 42.1 cm³/mol. The van der Waals surface area contributed by atoms with Crippen molar-refractivity contribution < 1.29 is 8.76 Å². The van der Waals surface area contributed by atoms with Crippen LogP contribution in [0.2, 0.25) is 0 Å². The Morgan fingerprint density at radius 2 is 2.50 bits per heavy atom. The Kier molecular flexibility index (Phi) is 2.40. The molecule has 3 heteroatoms. The summed E-state index contributed by atoms with van der Waals surface area (Å²) in [6.07, 6.45) is 6.32. The van der Waals surface area contributed by atoms with Crippen LogP contribution >= 0.6 is 0 Å². The van der Waals surface area contributed by atoms with Crippen molar-refractivity contribution in [2.75, 3.05) is 0 Å². The van der Waals surface area contributed by atoms with Crippen LogP contribution < -0.4 is 0 Å². The van der Waals surface area contributed by atoms with Crippen LogP contribution in [0.15, 0.2) is 23.8 Å². The average Bonchev–Trinajstić information content (AvgIpc) is 1.88. The molecule has 1 unspecified atom stereocenters. The van der Waals surface area contributed by atoms with Crippen LogP contribution in [0.4, 0.5) is 0 Å². The molecule has 10 heavy (non-hydrogen) atoms. The molecule has 0 radical (unpaired) electrons. The molecule has 1 N–H and O–H groups in total. The zero-order valence-electron chi connectivity index (χ0n) is 5.78. The van der Waals surface area contributed by atoms with Crippen LogP contribution in [-0.4, -0.2) is 14.0 Å². The molecule has 0 aromatic heterocycles. The lowest BCUT2D eigenvalue weighted by atomic mass is 10.1. The van der Waals surface area contributed by atoms with Crippen molar-refractivity contribution in [1.82, 2.24) is 0 Å². The van der Waals surface area contributed by atoms with Gasteiger partial charge in [0.05, 0.1) is 5.25 Å². The molecule has 0 saturated heterocycles. The second-order valence-electron chi connectivity index (χ2n) is 2.36. The minimum Gasteiger partial charge on any atom is -0.306 e. The number of allylic oxidation sites excluding steroid dienone is 3. The van der Waals surface area contributed by atoms with Gasteiger partial charge in [0.1, 0.15) is 0 Å². The van der Waals surface area contributed by atoms with E-state index in [0.717, 1.165) is 0 Å². The van der Waals surface area contributed by atoms with E-state index in [1.54, 1.807) is 6.08 Å². The molecular weight excluding hydrogens is 148 g/mol. The normalized spacial score (nSPS) is 27.8. The van der Waals surface area contributed by atoms with E-state index in [0.29, 0.717) is 6.42 Å². The van der Waals surface area contributed by atoms with Crippen LogP contribution in [0.3, 0.4) is 0 Å². The molecule has 1 rings (SSSR count). The average molecular weight is 158 g/mol. The van der Waals surface area contributed by atoms with Crippen molar-refractivity contribution in [2.45, 2.75) is 18.6 Å². The molecular formula is C7H10O2S. The van der Waals surface area contributed by atoms with E-state index >= 15 is 0 Å². The van der Waals surface area contributed by atoms with Crippen LogP contribution in [0.25, 0.3) is 0 Å². The first-order valence-electron chi connectivity index (χ1n) is 3.15. The fraction of sp³-hybridized carbons (Fsp3) is 0.429. The molecule has 0 spiro atoms. The van der Waals surface area contributed by atoms with Crippen molar-refractivity contribution >= 4 is 11.1 Å². The minimum atomic E-state index is -1.70. The minimum absolute atomic E-state index is 0.191. The van der Waals surface area contributed by atoms with Gasteiger partial charge in [0.15, 0.2) is 11.1 Å². The monoisotopic (exact) mass is 158 g/mol. The van der Waals surface area contributed by atoms with E-state index in [2.05, 4.69) is 0 Å². The van der Waals surface area contributed by atoms with Crippen molar-refractivity contribution in [3.05, 3.63) is 23.8 Å². The molecule has 0 saturated carbocycles. The summed E-state index contributed by atoms with van der Waals surface area (Å²) in [6, 6.07) is 0. The molecule has 0 aromatic carbocycles. The van der Waals surface area contributed by atoms with E-state index in [1.165, 1.54) is 5.57 Å². The third kappa shape index (κ3) is 1.78. The van der Waals surface area contributed by atoms with Crippen molar-refractivity contribution in [2.24, 2.45) is 0 Å². The highest BCUT2D eigenvalue weighted by molar-refractivity contribution is 7.80. The summed E-state index contributed by atoms with van der Waals surface area (Å²) < 4.78 is 19.1. The van der Waals surface area contributed by atoms with Gasteiger partial charge in [0.25, 0.3) is 0 Å². The van der Waals surface area contributed by atoms with Crippen LogP contribution in [0.5, 0.6) is 0 Å². The van der Waals surface area contributed by atoms with E-state index in [-0.39, 0.29) is 5.25 Å². The first kappa shape index (κ1) is 7.69. The van der Waals surface area contributed by atoms with Crippen molar-refractivity contribution in [1.29, 1.82) is 0 Å². The summed E-state index contributed by atoms with van der Waals surface area (Å²) in [5, 5.41) is -0.191. The van der Waals surface area contributed by atoms with Gasteiger partial charge in [-0.05, 0) is 13.3 Å². The summed E-state index contributed by atoms with van der Waals surface area (Å²) in [5.74, 6) is 0. The standard InChI is InChI=1S/C7H10O2S/c1-6-2-4-7(5-3-6)10(8)9/h2-4,7H,5H2,1H3,(H,8,9)/t7-/m0/s1. The summed E-state index contributed by atoms with van der Waals surface area (Å²) in [7, 11) is 0. The maximum atomic E-state index is 10.5. The largest absolute Gasteiger partial charge is 0.306 e. The molecule has 1 aliphatic rings. The quantitative estimate of drug-likeness (QED) is 0.587. The molecule has 0 heterocycles. The lowest BCUT2D eigenvalue weighted by Gasteiger charge is -2.09. The fourth-order valence-electron chi connectivity index (χ4n) is 0.857. The number of rotatable bonds is 1. The van der Waals surface area contributed by atoms with Gasteiger partial charge in [-0.15, -0.1) is 0 Å². The third-order valence-corrected chi connectivity index (χ3v) is 2.37. The highest BCUT2D eigenvalue weighted by atomic mass is 32.2. The Balaban J connectivity index is 2.60. The van der Waals surface area contributed by atoms with Crippen LogP contribution in [-0.2, 0) is 11.1 Å². The first-order chi connectivity index (χ1) is 4.70. The van der Waals surface area contributed by atoms with Gasteiger partial charge in [-0.1, -0.05) is 23.8 Å². The zero-order valence-corrected chi connectivity index (χ0v) is 6.60. The Hall–Kier alpha value is -0.410. The Morgan fingerprint density at radius 3 is 2.90 bits per heavy atom. The van der Waals surface area contributed by atoms with Gasteiger partial charge in [-0.25, -0.2) is 4.21 Å². The molecule has 0 bridgehead atoms. The Labute approximate surface area is 62.9 Å². The first-order valence-corrected chi connectivity index (χ1v) is 4.32. The molecule has 1 aliphatic carbocycles. The molecule has 0 amide bonds. The van der Waals surface area contributed by atoms with Gasteiger partial charge in [0, 0.05) is 0 Å². The van der Waals surface area contributed by atoms with E-state index < -0.39 is 11.1 Å². The van der Waals surface area contributed by atoms with E-state index in [1.807, 2.05) is 19.1 Å². The van der Waals surface area contributed by atoms with Gasteiger partial charge in [-0.3, -0.25) is 0 Å². The number of hydrogen-bond acceptors (Lipinski definition) is 1. The van der Waals surface area contributed by atoms with Crippen molar-refractivity contribution in [3.8, 4) is 0 Å². The van der Waals surface area contributed by atoms with Gasteiger partial charge >= 0.3 is 0 Å². The van der Waals surface area contributed by atoms with Gasteiger partial charge < -0.3 is 4.55 Å². The lowest BCUT2D eigenvalue weighted by Crippen LogP contribution is -2.12. The smallest absolute Gasteiger partial charge is 0.160 e. The van der Waals surface area contributed by atoms with Crippen LogP contribution in [0.1, 0.15) is 13.3 Å². The maximum Gasteiger partial charge on any atom is 0.160 e. The molecule has 0 aromatic rings. The summed E-state index contributed by atoms with van der Waals surface area (Å²) >= 11 is -1.70. The van der Waals surface area contributed by atoms with E-state index in [4.69, 9.17) is 4.55 Å². The highest BCUT2D eigenvalue weighted by Gasteiger charge is 2.11. The SMILES string of the molecule is CC1=CC[C@@H](S(=O)O)C=C1. The Morgan fingerprint density at radius 1 is 1.80 bits per heavy atom. The zero-order chi connectivity index (χ0) is 7.56. The van der Waals surface area contributed by atoms with Gasteiger partial charge in [0.2, 0.25) is 0 Å². The second-order valence-corrected chi connectivity index (χ2v) is 3.52. The van der Waals surface area contributed by atoms with Gasteiger partial charge in [-0.2, -0.15) is 0 Å². The topological polar surface area (TPSA) is 37.3 Å².